The van der Waals surface area contributed by atoms with E-state index in [1.807, 2.05) is 13.8 Å². The van der Waals surface area contributed by atoms with Crippen molar-refractivity contribution >= 4 is 17.9 Å². The standard InChI is InChI=1S/C26H43N3O5/c1-9-11-12-15-27-23(31)22(19-13-14-20(30)18(4)16-19)29(8)24(32)21(17(3)10-2)28-25(33)34-26(5,6)7/h13-14,16-17,21-22,30H,9-12,15H2,1-8H3,(H,27,31)(H,28,33). The van der Waals surface area contributed by atoms with Gasteiger partial charge < -0.3 is 25.4 Å². The fourth-order valence-corrected chi connectivity index (χ4v) is 3.55. The molecule has 0 aliphatic heterocycles. The van der Waals surface area contributed by atoms with Crippen molar-refractivity contribution in [1.29, 1.82) is 0 Å². The summed E-state index contributed by atoms with van der Waals surface area (Å²) in [7, 11) is 1.56. The van der Waals surface area contributed by atoms with Gasteiger partial charge in [0.1, 0.15) is 23.4 Å². The zero-order chi connectivity index (χ0) is 26.1. The highest BCUT2D eigenvalue weighted by Gasteiger charge is 2.36. The summed E-state index contributed by atoms with van der Waals surface area (Å²) in [5.41, 5.74) is 0.482. The summed E-state index contributed by atoms with van der Waals surface area (Å²) in [5, 5.41) is 15.6. The molecule has 0 radical (unpaired) electrons. The maximum atomic E-state index is 13.6. The van der Waals surface area contributed by atoms with Crippen LogP contribution in [0.4, 0.5) is 4.79 Å². The molecule has 8 nitrogen and oxygen atoms in total. The second-order valence-corrected chi connectivity index (χ2v) is 9.91. The van der Waals surface area contributed by atoms with E-state index in [0.717, 1.165) is 19.3 Å². The second kappa shape index (κ2) is 13.2. The molecule has 0 bridgehead atoms. The Hall–Kier alpha value is -2.77. The van der Waals surface area contributed by atoms with Crippen LogP contribution in [-0.2, 0) is 14.3 Å². The maximum Gasteiger partial charge on any atom is 0.408 e. The zero-order valence-electron chi connectivity index (χ0n) is 22.0. The Kier molecular flexibility index (Phi) is 11.4. The Labute approximate surface area is 204 Å². The first-order valence-corrected chi connectivity index (χ1v) is 12.2. The summed E-state index contributed by atoms with van der Waals surface area (Å²) in [6.45, 7) is 13.4. The number of phenols is 1. The van der Waals surface area contributed by atoms with Crippen LogP contribution in [0.3, 0.4) is 0 Å². The van der Waals surface area contributed by atoms with Crippen molar-refractivity contribution < 1.29 is 24.2 Å². The van der Waals surface area contributed by atoms with Crippen LogP contribution >= 0.6 is 0 Å². The van der Waals surface area contributed by atoms with Crippen LogP contribution in [0.15, 0.2) is 18.2 Å². The number of benzene rings is 1. The Bertz CT molecular complexity index is 834. The molecule has 0 heterocycles. The van der Waals surface area contributed by atoms with E-state index >= 15 is 0 Å². The topological polar surface area (TPSA) is 108 Å². The first kappa shape index (κ1) is 29.3. The smallest absolute Gasteiger partial charge is 0.408 e. The minimum atomic E-state index is -0.916. The number of aryl methyl sites for hydroxylation is 1. The molecule has 0 fully saturated rings. The number of hydrogen-bond acceptors (Lipinski definition) is 5. The molecule has 3 unspecified atom stereocenters. The minimum absolute atomic E-state index is 0.115. The predicted molar refractivity (Wildman–Crippen MR) is 134 cm³/mol. The van der Waals surface area contributed by atoms with Gasteiger partial charge in [-0.15, -0.1) is 0 Å². The van der Waals surface area contributed by atoms with Crippen molar-refractivity contribution in [3.05, 3.63) is 29.3 Å². The number of alkyl carbamates (subject to hydrolysis) is 1. The lowest BCUT2D eigenvalue weighted by molar-refractivity contribution is -0.141. The summed E-state index contributed by atoms with van der Waals surface area (Å²) in [4.78, 5) is 40.7. The van der Waals surface area contributed by atoms with Gasteiger partial charge in [-0.05, 0) is 63.3 Å². The molecular formula is C26H43N3O5. The van der Waals surface area contributed by atoms with Gasteiger partial charge in [0, 0.05) is 13.6 Å². The van der Waals surface area contributed by atoms with E-state index in [-0.39, 0.29) is 23.5 Å². The van der Waals surface area contributed by atoms with Crippen molar-refractivity contribution in [3.8, 4) is 5.75 Å². The quantitative estimate of drug-likeness (QED) is 0.408. The van der Waals surface area contributed by atoms with Gasteiger partial charge in [0.05, 0.1) is 0 Å². The van der Waals surface area contributed by atoms with E-state index in [9.17, 15) is 19.5 Å². The third-order valence-corrected chi connectivity index (χ3v) is 5.75. The molecule has 3 atom stereocenters. The molecule has 34 heavy (non-hydrogen) atoms. The third-order valence-electron chi connectivity index (χ3n) is 5.75. The van der Waals surface area contributed by atoms with E-state index in [1.165, 1.54) is 11.0 Å². The molecule has 8 heteroatoms. The lowest BCUT2D eigenvalue weighted by Gasteiger charge is -2.33. The fraction of sp³-hybridized carbons (Fsp3) is 0.654. The van der Waals surface area contributed by atoms with Crippen LogP contribution in [0.5, 0.6) is 5.75 Å². The lowest BCUT2D eigenvalue weighted by Crippen LogP contribution is -2.54. The summed E-state index contributed by atoms with van der Waals surface area (Å²) in [6, 6.07) is 3.08. The largest absolute Gasteiger partial charge is 0.508 e. The second-order valence-electron chi connectivity index (χ2n) is 9.91. The molecule has 0 saturated carbocycles. The molecule has 3 N–H and O–H groups in total. The van der Waals surface area contributed by atoms with E-state index in [0.29, 0.717) is 24.1 Å². The fourth-order valence-electron chi connectivity index (χ4n) is 3.55. The molecule has 1 aromatic rings. The van der Waals surface area contributed by atoms with Crippen LogP contribution < -0.4 is 10.6 Å². The van der Waals surface area contributed by atoms with Crippen molar-refractivity contribution in [2.45, 2.75) is 91.8 Å². The minimum Gasteiger partial charge on any atom is -0.508 e. The van der Waals surface area contributed by atoms with Crippen molar-refractivity contribution in [1.82, 2.24) is 15.5 Å². The number of hydrogen-bond donors (Lipinski definition) is 3. The predicted octanol–water partition coefficient (Wildman–Crippen LogP) is 4.45. The normalized spacial score (nSPS) is 14.0. The van der Waals surface area contributed by atoms with E-state index in [4.69, 9.17) is 4.74 Å². The van der Waals surface area contributed by atoms with Crippen LogP contribution in [0.1, 0.15) is 84.4 Å². The Morgan fingerprint density at radius 1 is 1.15 bits per heavy atom. The van der Waals surface area contributed by atoms with Gasteiger partial charge >= 0.3 is 6.09 Å². The Morgan fingerprint density at radius 3 is 2.32 bits per heavy atom. The average Bonchev–Trinajstić information content (AvgIpc) is 2.75. The van der Waals surface area contributed by atoms with Gasteiger partial charge in [-0.3, -0.25) is 9.59 Å². The monoisotopic (exact) mass is 477 g/mol. The van der Waals surface area contributed by atoms with E-state index in [2.05, 4.69) is 17.6 Å². The molecule has 0 aromatic heterocycles. The summed E-state index contributed by atoms with van der Waals surface area (Å²) in [6.07, 6.45) is 2.83. The number of aromatic hydroxyl groups is 1. The molecule has 0 saturated heterocycles. The van der Waals surface area contributed by atoms with Crippen LogP contribution in [-0.4, -0.2) is 53.1 Å². The van der Waals surface area contributed by atoms with Gasteiger partial charge in [0.25, 0.3) is 0 Å². The first-order valence-electron chi connectivity index (χ1n) is 12.2. The number of rotatable bonds is 11. The highest BCUT2D eigenvalue weighted by atomic mass is 16.6. The maximum absolute atomic E-state index is 13.6. The number of ether oxygens (including phenoxy) is 1. The van der Waals surface area contributed by atoms with Crippen molar-refractivity contribution in [2.75, 3.05) is 13.6 Å². The van der Waals surface area contributed by atoms with Gasteiger partial charge in [-0.25, -0.2) is 4.79 Å². The zero-order valence-corrected chi connectivity index (χ0v) is 22.0. The highest BCUT2D eigenvalue weighted by Crippen LogP contribution is 2.27. The van der Waals surface area contributed by atoms with Crippen LogP contribution in [0.25, 0.3) is 0 Å². The Morgan fingerprint density at radius 2 is 1.79 bits per heavy atom. The molecule has 192 valence electrons. The van der Waals surface area contributed by atoms with Crippen LogP contribution in [0.2, 0.25) is 0 Å². The molecule has 1 aromatic carbocycles. The summed E-state index contributed by atoms with van der Waals surface area (Å²) in [5.74, 6) is -0.766. The number of nitrogens with zero attached hydrogens (tertiary/aromatic N) is 1. The molecule has 0 spiro atoms. The number of carbonyl (C=O) groups excluding carboxylic acids is 3. The van der Waals surface area contributed by atoms with Gasteiger partial charge in [-0.2, -0.15) is 0 Å². The molecular weight excluding hydrogens is 434 g/mol. The van der Waals surface area contributed by atoms with Gasteiger partial charge in [0.2, 0.25) is 11.8 Å². The number of phenolic OH excluding ortho intramolecular Hbond substituents is 1. The first-order chi connectivity index (χ1) is 15.8. The molecule has 1 rings (SSSR count). The van der Waals surface area contributed by atoms with Gasteiger partial charge in [0.15, 0.2) is 0 Å². The third kappa shape index (κ3) is 8.88. The Balaban J connectivity index is 3.25. The molecule has 0 aliphatic rings. The number of likely N-dealkylation sites (N-methyl/N-ethyl adjacent to an activating group) is 1. The summed E-state index contributed by atoms with van der Waals surface area (Å²) < 4.78 is 5.36. The lowest BCUT2D eigenvalue weighted by atomic mass is 9.95. The number of unbranched alkanes of at least 4 members (excludes halogenated alkanes) is 2. The van der Waals surface area contributed by atoms with E-state index in [1.54, 1.807) is 46.9 Å². The van der Waals surface area contributed by atoms with Crippen molar-refractivity contribution in [2.24, 2.45) is 5.92 Å². The van der Waals surface area contributed by atoms with Crippen molar-refractivity contribution in [3.63, 3.8) is 0 Å². The number of carbonyl (C=O) groups is 3. The van der Waals surface area contributed by atoms with E-state index < -0.39 is 23.8 Å². The number of amides is 3. The number of nitrogens with one attached hydrogen (secondary N) is 2. The highest BCUT2D eigenvalue weighted by molar-refractivity contribution is 5.92. The average molecular weight is 478 g/mol. The SMILES string of the molecule is CCCCCNC(=O)C(c1ccc(O)c(C)c1)N(C)C(=O)C(NC(=O)OC(C)(C)C)C(C)CC. The summed E-state index contributed by atoms with van der Waals surface area (Å²) >= 11 is 0. The van der Waals surface area contributed by atoms with Gasteiger partial charge in [-0.1, -0.05) is 46.1 Å². The molecule has 3 amide bonds. The van der Waals surface area contributed by atoms with Crippen LogP contribution in [0, 0.1) is 12.8 Å². The molecule has 0 aliphatic carbocycles.